The molecule has 1 aliphatic heterocycles. The minimum atomic E-state index is -1.16. The fourth-order valence-corrected chi connectivity index (χ4v) is 3.79. The largest absolute Gasteiger partial charge is 0.379 e. The predicted octanol–water partition coefficient (Wildman–Crippen LogP) is 2.54. The molecule has 0 aliphatic carbocycles. The average molecular weight is 511 g/mol. The van der Waals surface area contributed by atoms with E-state index in [4.69, 9.17) is 4.74 Å². The molecule has 0 saturated heterocycles. The van der Waals surface area contributed by atoms with E-state index < -0.39 is 59.3 Å². The summed E-state index contributed by atoms with van der Waals surface area (Å²) in [7, 11) is 3.02. The molecule has 1 aliphatic rings. The molecule has 11 heteroatoms. The van der Waals surface area contributed by atoms with Gasteiger partial charge in [-0.1, -0.05) is 30.3 Å². The molecule has 0 spiro atoms. The van der Waals surface area contributed by atoms with Crippen molar-refractivity contribution in [3.63, 3.8) is 0 Å². The Bertz CT molecular complexity index is 1070. The van der Waals surface area contributed by atoms with E-state index in [-0.39, 0.29) is 19.0 Å². The zero-order valence-electron chi connectivity index (χ0n) is 19.8. The number of methoxy groups -OCH3 is 1. The van der Waals surface area contributed by atoms with Crippen molar-refractivity contribution in [2.24, 2.45) is 0 Å². The van der Waals surface area contributed by atoms with Gasteiger partial charge in [-0.05, 0) is 44.2 Å². The van der Waals surface area contributed by atoms with E-state index in [0.717, 1.165) is 12.1 Å². The lowest BCUT2D eigenvalue weighted by Gasteiger charge is -2.31. The molecule has 2 aromatic rings. The van der Waals surface area contributed by atoms with Crippen LogP contribution < -0.4 is 16.0 Å². The van der Waals surface area contributed by atoms with Crippen LogP contribution in [0.15, 0.2) is 42.5 Å². The zero-order valence-corrected chi connectivity index (χ0v) is 20.6. The first-order valence-corrected chi connectivity index (χ1v) is 10.8. The number of carbonyl (C=O) groups excluding carboxylic acids is 3. The minimum absolute atomic E-state index is 0. The van der Waals surface area contributed by atoms with Gasteiger partial charge in [-0.2, -0.15) is 0 Å². The Labute approximate surface area is 208 Å². The number of rotatable bonds is 8. The normalized spacial score (nSPS) is 17.0. The molecule has 3 rings (SSSR count). The van der Waals surface area contributed by atoms with Crippen LogP contribution in [0.3, 0.4) is 0 Å². The predicted molar refractivity (Wildman–Crippen MR) is 129 cm³/mol. The molecule has 35 heavy (non-hydrogen) atoms. The van der Waals surface area contributed by atoms with Gasteiger partial charge < -0.3 is 25.6 Å². The van der Waals surface area contributed by atoms with Crippen LogP contribution in [-0.2, 0) is 25.7 Å². The number of amides is 3. The van der Waals surface area contributed by atoms with Gasteiger partial charge in [-0.3, -0.25) is 14.4 Å². The number of hydrogen-bond acceptors (Lipinski definition) is 5. The molecular formula is C24H29ClF2N4O4. The second kappa shape index (κ2) is 12.1. The second-order valence-corrected chi connectivity index (χ2v) is 8.09. The van der Waals surface area contributed by atoms with Crippen LogP contribution in [0.1, 0.15) is 31.0 Å². The number of nitrogens with one attached hydrogen (secondary N) is 3. The zero-order chi connectivity index (χ0) is 25.0. The number of carbonyl (C=O) groups is 3. The number of likely N-dealkylation sites (N-methyl/N-ethyl adjacent to an activating group) is 1. The highest BCUT2D eigenvalue weighted by atomic mass is 35.5. The molecule has 8 nitrogen and oxygen atoms in total. The molecule has 1 heterocycles. The van der Waals surface area contributed by atoms with Crippen LogP contribution in [-0.4, -0.2) is 55.0 Å². The number of fused-ring (bicyclic) bond motifs is 1. The molecule has 0 radical (unpaired) electrons. The number of ether oxygens (including phenoxy) is 1. The van der Waals surface area contributed by atoms with E-state index in [1.807, 2.05) is 0 Å². The van der Waals surface area contributed by atoms with Crippen molar-refractivity contribution < 1.29 is 27.9 Å². The summed E-state index contributed by atoms with van der Waals surface area (Å²) >= 11 is 0. The second-order valence-electron chi connectivity index (χ2n) is 8.09. The number of hydrogen-bond donors (Lipinski definition) is 3. The van der Waals surface area contributed by atoms with Gasteiger partial charge in [0.1, 0.15) is 29.4 Å². The van der Waals surface area contributed by atoms with Gasteiger partial charge in [-0.15, -0.1) is 12.4 Å². The molecule has 4 atom stereocenters. The quantitative estimate of drug-likeness (QED) is 0.507. The lowest BCUT2D eigenvalue weighted by atomic mass is 10.0. The Kier molecular flexibility index (Phi) is 9.70. The fourth-order valence-electron chi connectivity index (χ4n) is 3.79. The number of halogens is 3. The SMILES string of the molecule is CN[C@@H](C)C(=O)N[C@H](C(=O)N1Cc2ccccc2[C@H]1C(=O)Nc1c(F)cccc1F)[C@H](C)OC.Cl. The van der Waals surface area contributed by atoms with E-state index in [1.54, 1.807) is 45.2 Å². The molecule has 3 amide bonds. The van der Waals surface area contributed by atoms with Crippen LogP contribution in [0.2, 0.25) is 0 Å². The van der Waals surface area contributed by atoms with Gasteiger partial charge in [-0.25, -0.2) is 8.78 Å². The third kappa shape index (κ3) is 5.95. The van der Waals surface area contributed by atoms with Crippen molar-refractivity contribution in [3.05, 3.63) is 65.2 Å². The first kappa shape index (κ1) is 28.2. The Morgan fingerprint density at radius 1 is 1.06 bits per heavy atom. The van der Waals surface area contributed by atoms with Crippen molar-refractivity contribution in [3.8, 4) is 0 Å². The Hall–Kier alpha value is -3.08. The van der Waals surface area contributed by atoms with Crippen LogP contribution in [0.4, 0.5) is 14.5 Å². The summed E-state index contributed by atoms with van der Waals surface area (Å²) in [6, 6.07) is 7.34. The molecule has 3 N–H and O–H groups in total. The third-order valence-corrected chi connectivity index (χ3v) is 5.98. The summed E-state index contributed by atoms with van der Waals surface area (Å²) in [5.74, 6) is -3.62. The van der Waals surface area contributed by atoms with Crippen LogP contribution >= 0.6 is 12.4 Å². The summed E-state index contributed by atoms with van der Waals surface area (Å²) in [6.45, 7) is 3.34. The Morgan fingerprint density at radius 3 is 2.29 bits per heavy atom. The lowest BCUT2D eigenvalue weighted by molar-refractivity contribution is -0.145. The summed E-state index contributed by atoms with van der Waals surface area (Å²) in [5, 5.41) is 7.77. The molecular weight excluding hydrogens is 482 g/mol. The van der Waals surface area contributed by atoms with Crippen LogP contribution in [0.5, 0.6) is 0 Å². The number of para-hydroxylation sites is 1. The Morgan fingerprint density at radius 2 is 1.69 bits per heavy atom. The number of benzene rings is 2. The van der Waals surface area contributed by atoms with Gasteiger partial charge >= 0.3 is 0 Å². The number of anilines is 1. The van der Waals surface area contributed by atoms with Gasteiger partial charge in [0.05, 0.1) is 12.1 Å². The fraction of sp³-hybridized carbons (Fsp3) is 0.375. The van der Waals surface area contributed by atoms with Crippen molar-refractivity contribution >= 4 is 35.8 Å². The standard InChI is InChI=1S/C24H28F2N4O4.ClH/c1-13(27-3)22(31)28-19(14(2)34-4)24(33)30-12-15-8-5-6-9-16(15)21(30)23(32)29-20-17(25)10-7-11-18(20)26;/h5-11,13-14,19,21,27H,12H2,1-4H3,(H,28,31)(H,29,32);1H/t13-,14-,19-,21-;/m0./s1. The number of nitrogens with zero attached hydrogens (tertiary/aromatic N) is 1. The average Bonchev–Trinajstić information content (AvgIpc) is 3.23. The summed E-state index contributed by atoms with van der Waals surface area (Å²) in [6.07, 6.45) is -0.711. The van der Waals surface area contributed by atoms with Gasteiger partial charge in [0, 0.05) is 13.7 Å². The van der Waals surface area contributed by atoms with E-state index in [1.165, 1.54) is 18.1 Å². The van der Waals surface area contributed by atoms with E-state index >= 15 is 0 Å². The molecule has 2 aromatic carbocycles. The maximum Gasteiger partial charge on any atom is 0.252 e. The van der Waals surface area contributed by atoms with Crippen LogP contribution in [0.25, 0.3) is 0 Å². The molecule has 0 bridgehead atoms. The smallest absolute Gasteiger partial charge is 0.252 e. The highest BCUT2D eigenvalue weighted by Gasteiger charge is 2.43. The Balaban J connectivity index is 0.00000432. The van der Waals surface area contributed by atoms with Gasteiger partial charge in [0.2, 0.25) is 11.8 Å². The molecule has 190 valence electrons. The maximum atomic E-state index is 14.2. The third-order valence-electron chi connectivity index (χ3n) is 5.98. The van der Waals surface area contributed by atoms with Crippen molar-refractivity contribution in [1.29, 1.82) is 0 Å². The van der Waals surface area contributed by atoms with Gasteiger partial charge in [0.15, 0.2) is 0 Å². The summed E-state index contributed by atoms with van der Waals surface area (Å²) in [5.41, 5.74) is 0.648. The van der Waals surface area contributed by atoms with Crippen LogP contribution in [0, 0.1) is 11.6 Å². The monoisotopic (exact) mass is 510 g/mol. The van der Waals surface area contributed by atoms with Crippen molar-refractivity contribution in [2.75, 3.05) is 19.5 Å². The molecule has 0 fully saturated rings. The lowest BCUT2D eigenvalue weighted by Crippen LogP contribution is -2.57. The first-order chi connectivity index (χ1) is 16.2. The van der Waals surface area contributed by atoms with E-state index in [9.17, 15) is 23.2 Å². The van der Waals surface area contributed by atoms with E-state index in [2.05, 4.69) is 16.0 Å². The highest BCUT2D eigenvalue weighted by molar-refractivity contribution is 6.00. The van der Waals surface area contributed by atoms with Crippen molar-refractivity contribution in [1.82, 2.24) is 15.5 Å². The minimum Gasteiger partial charge on any atom is -0.379 e. The van der Waals surface area contributed by atoms with Crippen molar-refractivity contribution in [2.45, 2.75) is 44.6 Å². The highest BCUT2D eigenvalue weighted by Crippen LogP contribution is 2.35. The first-order valence-electron chi connectivity index (χ1n) is 10.8. The summed E-state index contributed by atoms with van der Waals surface area (Å²) < 4.78 is 33.7. The molecule has 0 saturated carbocycles. The summed E-state index contributed by atoms with van der Waals surface area (Å²) in [4.78, 5) is 40.7. The topological polar surface area (TPSA) is 99.8 Å². The molecule has 0 aromatic heterocycles. The maximum absolute atomic E-state index is 14.2. The van der Waals surface area contributed by atoms with E-state index in [0.29, 0.717) is 11.1 Å². The van der Waals surface area contributed by atoms with Gasteiger partial charge in [0.25, 0.3) is 5.91 Å². The molecule has 0 unspecified atom stereocenters.